The molecule has 0 spiro atoms. The molecule has 0 atom stereocenters. The first-order valence-electron chi connectivity index (χ1n) is 6.73. The Morgan fingerprint density at radius 3 is 2.45 bits per heavy atom. The summed E-state index contributed by atoms with van der Waals surface area (Å²) < 4.78 is 30.8. The maximum absolute atomic E-state index is 12.0. The van der Waals surface area contributed by atoms with Crippen molar-refractivity contribution < 1.29 is 17.7 Å². The average Bonchev–Trinajstić information content (AvgIpc) is 2.96. The minimum absolute atomic E-state index is 0.242. The first-order chi connectivity index (χ1) is 10.4. The Kier molecular flexibility index (Phi) is 4.99. The van der Waals surface area contributed by atoms with Crippen molar-refractivity contribution in [2.24, 2.45) is 5.16 Å². The van der Waals surface area contributed by atoms with Gasteiger partial charge >= 0.3 is 0 Å². The predicted molar refractivity (Wildman–Crippen MR) is 84.2 cm³/mol. The number of furan rings is 1. The van der Waals surface area contributed by atoms with Crippen LogP contribution in [0.3, 0.4) is 0 Å². The van der Waals surface area contributed by atoms with Gasteiger partial charge in [0.25, 0.3) is 0 Å². The van der Waals surface area contributed by atoms with Gasteiger partial charge in [0, 0.05) is 19.7 Å². The molecule has 0 amide bonds. The summed E-state index contributed by atoms with van der Waals surface area (Å²) in [7, 11) is -0.421. The van der Waals surface area contributed by atoms with Crippen LogP contribution in [0.15, 0.2) is 50.9 Å². The second-order valence-electron chi connectivity index (χ2n) is 4.67. The molecule has 1 heterocycles. The third-order valence-corrected chi connectivity index (χ3v) is 4.76. The molecule has 0 aliphatic rings. The van der Waals surface area contributed by atoms with Crippen LogP contribution in [0.5, 0.6) is 0 Å². The van der Waals surface area contributed by atoms with E-state index in [4.69, 9.17) is 9.25 Å². The van der Waals surface area contributed by atoms with E-state index in [1.54, 1.807) is 36.4 Å². The van der Waals surface area contributed by atoms with Crippen LogP contribution in [0.4, 0.5) is 0 Å². The average molecular weight is 322 g/mol. The van der Waals surface area contributed by atoms with Crippen molar-refractivity contribution in [3.8, 4) is 11.3 Å². The van der Waals surface area contributed by atoms with Crippen molar-refractivity contribution in [1.82, 2.24) is 4.31 Å². The van der Waals surface area contributed by atoms with Crippen LogP contribution in [0, 0.1) is 0 Å². The molecule has 6 nitrogen and oxygen atoms in total. The van der Waals surface area contributed by atoms with E-state index >= 15 is 0 Å². The molecule has 0 saturated carbocycles. The van der Waals surface area contributed by atoms with E-state index in [2.05, 4.69) is 5.16 Å². The first kappa shape index (κ1) is 16.3. The molecule has 0 fully saturated rings. The van der Waals surface area contributed by atoms with Crippen LogP contribution < -0.4 is 0 Å². The number of sulfonamides is 1. The van der Waals surface area contributed by atoms with Gasteiger partial charge in [0.15, 0.2) is 0 Å². The summed E-state index contributed by atoms with van der Waals surface area (Å²) >= 11 is 0. The molecule has 1 aromatic heterocycles. The fourth-order valence-corrected chi connectivity index (χ4v) is 2.64. The lowest BCUT2D eigenvalue weighted by molar-refractivity contribution is 0.160. The highest BCUT2D eigenvalue weighted by atomic mass is 32.2. The molecule has 2 aromatic rings. The molecule has 0 bridgehead atoms. The lowest BCUT2D eigenvalue weighted by Crippen LogP contribution is -2.22. The van der Waals surface area contributed by atoms with Gasteiger partial charge in [-0.05, 0) is 43.3 Å². The second-order valence-corrected chi connectivity index (χ2v) is 6.82. The Morgan fingerprint density at radius 1 is 1.18 bits per heavy atom. The summed E-state index contributed by atoms with van der Waals surface area (Å²) in [4.78, 5) is 5.11. The smallest absolute Gasteiger partial charge is 0.242 e. The van der Waals surface area contributed by atoms with Gasteiger partial charge < -0.3 is 9.25 Å². The van der Waals surface area contributed by atoms with Gasteiger partial charge in [-0.1, -0.05) is 5.16 Å². The summed E-state index contributed by atoms with van der Waals surface area (Å²) in [6.45, 7) is 2.33. The molecule has 2 rings (SSSR count). The molecule has 0 radical (unpaired) electrons. The van der Waals surface area contributed by atoms with Crippen LogP contribution >= 0.6 is 0 Å². The Hall–Kier alpha value is -2.12. The molecular formula is C15H18N2O4S. The first-order valence-corrected chi connectivity index (χ1v) is 8.17. The summed E-state index contributed by atoms with van der Waals surface area (Å²) in [5.41, 5.74) is 0.786. The zero-order chi connectivity index (χ0) is 16.2. The standard InChI is InChI=1S/C15H18N2O4S/c1-4-20-16-11-13-7-10-15(21-13)12-5-8-14(9-6-12)22(18,19)17(2)3/h5-11H,4H2,1-3H3/b16-11-. The minimum Gasteiger partial charge on any atom is -0.455 e. The van der Waals surface area contributed by atoms with Crippen molar-refractivity contribution in [2.45, 2.75) is 11.8 Å². The molecular weight excluding hydrogens is 304 g/mol. The number of oxime groups is 1. The summed E-state index contributed by atoms with van der Waals surface area (Å²) in [6, 6.07) is 10.1. The topological polar surface area (TPSA) is 72.1 Å². The van der Waals surface area contributed by atoms with E-state index in [-0.39, 0.29) is 4.90 Å². The molecule has 0 saturated heterocycles. The maximum Gasteiger partial charge on any atom is 0.242 e. The molecule has 7 heteroatoms. The highest BCUT2D eigenvalue weighted by Crippen LogP contribution is 2.24. The lowest BCUT2D eigenvalue weighted by atomic mass is 10.2. The Labute approximate surface area is 130 Å². The highest BCUT2D eigenvalue weighted by Gasteiger charge is 2.17. The minimum atomic E-state index is -3.42. The third-order valence-electron chi connectivity index (χ3n) is 2.93. The van der Waals surface area contributed by atoms with Gasteiger partial charge in [-0.2, -0.15) is 0 Å². The fourth-order valence-electron chi connectivity index (χ4n) is 1.74. The predicted octanol–water partition coefficient (Wildman–Crippen LogP) is 2.57. The van der Waals surface area contributed by atoms with Crippen molar-refractivity contribution in [2.75, 3.05) is 20.7 Å². The molecule has 118 valence electrons. The lowest BCUT2D eigenvalue weighted by Gasteiger charge is -2.11. The number of nitrogens with zero attached hydrogens (tertiary/aromatic N) is 2. The monoisotopic (exact) mass is 322 g/mol. The highest BCUT2D eigenvalue weighted by molar-refractivity contribution is 7.89. The van der Waals surface area contributed by atoms with Gasteiger partial charge in [0.05, 0.1) is 4.90 Å². The molecule has 0 unspecified atom stereocenters. The van der Waals surface area contributed by atoms with Gasteiger partial charge in [-0.25, -0.2) is 12.7 Å². The Balaban J connectivity index is 2.21. The van der Waals surface area contributed by atoms with Gasteiger partial charge in [-0.15, -0.1) is 0 Å². The van der Waals surface area contributed by atoms with E-state index in [9.17, 15) is 8.42 Å². The van der Waals surface area contributed by atoms with Crippen molar-refractivity contribution in [3.63, 3.8) is 0 Å². The van der Waals surface area contributed by atoms with E-state index in [0.29, 0.717) is 18.1 Å². The molecule has 0 aliphatic heterocycles. The summed E-state index contributed by atoms with van der Waals surface area (Å²) in [6.07, 6.45) is 1.48. The maximum atomic E-state index is 12.0. The number of hydrogen-bond donors (Lipinski definition) is 0. The Bertz CT molecular complexity index is 746. The van der Waals surface area contributed by atoms with Gasteiger partial charge in [-0.3, -0.25) is 0 Å². The normalized spacial score (nSPS) is 12.2. The van der Waals surface area contributed by atoms with Crippen molar-refractivity contribution in [1.29, 1.82) is 0 Å². The number of hydrogen-bond acceptors (Lipinski definition) is 5. The van der Waals surface area contributed by atoms with Gasteiger partial charge in [0.2, 0.25) is 10.0 Å². The zero-order valence-electron chi connectivity index (χ0n) is 12.7. The number of benzene rings is 1. The summed E-state index contributed by atoms with van der Waals surface area (Å²) in [5, 5.41) is 3.73. The summed E-state index contributed by atoms with van der Waals surface area (Å²) in [5.74, 6) is 1.19. The van der Waals surface area contributed by atoms with E-state index in [0.717, 1.165) is 5.56 Å². The van der Waals surface area contributed by atoms with Crippen molar-refractivity contribution >= 4 is 16.2 Å². The van der Waals surface area contributed by atoms with E-state index in [1.807, 2.05) is 6.92 Å². The van der Waals surface area contributed by atoms with Crippen LogP contribution in [0.25, 0.3) is 11.3 Å². The van der Waals surface area contributed by atoms with E-state index in [1.165, 1.54) is 24.6 Å². The molecule has 0 N–H and O–H groups in total. The van der Waals surface area contributed by atoms with E-state index < -0.39 is 10.0 Å². The quantitative estimate of drug-likeness (QED) is 0.605. The molecule has 0 aliphatic carbocycles. The van der Waals surface area contributed by atoms with Crippen molar-refractivity contribution in [3.05, 3.63) is 42.2 Å². The number of rotatable bonds is 6. The molecule has 22 heavy (non-hydrogen) atoms. The van der Waals surface area contributed by atoms with Crippen LogP contribution in [0.2, 0.25) is 0 Å². The Morgan fingerprint density at radius 2 is 1.86 bits per heavy atom. The van der Waals surface area contributed by atoms with Crippen LogP contribution in [-0.4, -0.2) is 39.6 Å². The largest absolute Gasteiger partial charge is 0.455 e. The fraction of sp³-hybridized carbons (Fsp3) is 0.267. The second kappa shape index (κ2) is 6.76. The van der Waals surface area contributed by atoms with Gasteiger partial charge in [0.1, 0.15) is 24.3 Å². The van der Waals surface area contributed by atoms with Crippen LogP contribution in [-0.2, 0) is 14.9 Å². The zero-order valence-corrected chi connectivity index (χ0v) is 13.5. The SMILES string of the molecule is CCO/N=C\c1ccc(-c2ccc(S(=O)(=O)N(C)C)cc2)o1. The third kappa shape index (κ3) is 3.55. The van der Waals surface area contributed by atoms with Crippen LogP contribution in [0.1, 0.15) is 12.7 Å². The molecule has 1 aromatic carbocycles.